The monoisotopic (exact) mass is 281 g/mol. The van der Waals surface area contributed by atoms with Crippen molar-refractivity contribution >= 4 is 0 Å². The number of ether oxygens (including phenoxy) is 1. The van der Waals surface area contributed by atoms with Crippen molar-refractivity contribution in [1.29, 1.82) is 0 Å². The predicted molar refractivity (Wildman–Crippen MR) is 77.0 cm³/mol. The average molecular weight is 281 g/mol. The van der Waals surface area contributed by atoms with Gasteiger partial charge in [-0.2, -0.15) is 5.10 Å². The topological polar surface area (TPSA) is 76.6 Å². The van der Waals surface area contributed by atoms with Gasteiger partial charge in [-0.25, -0.2) is 4.68 Å². The van der Waals surface area contributed by atoms with Crippen LogP contribution in [0.5, 0.6) is 5.75 Å². The van der Waals surface area contributed by atoms with Gasteiger partial charge in [0.1, 0.15) is 12.4 Å². The van der Waals surface area contributed by atoms with Gasteiger partial charge in [0.05, 0.1) is 12.7 Å². The second-order valence-corrected chi connectivity index (χ2v) is 5.03. The van der Waals surface area contributed by atoms with Crippen LogP contribution < -0.4 is 16.0 Å². The van der Waals surface area contributed by atoms with Crippen molar-refractivity contribution in [2.45, 2.75) is 6.54 Å². The molecule has 0 spiro atoms. The molecule has 1 aromatic heterocycles. The minimum absolute atomic E-state index is 0.131. The molecule has 0 saturated carbocycles. The molecule has 2 N–H and O–H groups in total. The fourth-order valence-electron chi connectivity index (χ4n) is 2.15. The molecule has 1 aliphatic rings. The van der Waals surface area contributed by atoms with Crippen LogP contribution in [0.3, 0.4) is 0 Å². The zero-order chi connectivity index (χ0) is 14.4. The smallest absolute Gasteiger partial charge is 0.270 e. The van der Waals surface area contributed by atoms with Crippen molar-refractivity contribution in [2.75, 3.05) is 52.9 Å². The second-order valence-electron chi connectivity index (χ2n) is 5.03. The molecule has 0 aromatic carbocycles. The van der Waals surface area contributed by atoms with E-state index in [-0.39, 0.29) is 5.56 Å². The molecule has 0 radical (unpaired) electrons. The van der Waals surface area contributed by atoms with Crippen LogP contribution in [0, 0.1) is 0 Å². The number of nitrogens with two attached hydrogens (primary N) is 1. The molecule has 0 atom stereocenters. The van der Waals surface area contributed by atoms with Gasteiger partial charge in [0.15, 0.2) is 0 Å². The van der Waals surface area contributed by atoms with E-state index in [1.165, 1.54) is 10.7 Å². The Hall–Kier alpha value is -1.44. The molecule has 0 aliphatic carbocycles. The fraction of sp³-hybridized carbons (Fsp3) is 0.692. The Labute approximate surface area is 118 Å². The summed E-state index contributed by atoms with van der Waals surface area (Å²) in [7, 11) is 2.13. The van der Waals surface area contributed by atoms with Crippen LogP contribution in [0.25, 0.3) is 0 Å². The highest BCUT2D eigenvalue weighted by Gasteiger charge is 2.13. The first-order valence-corrected chi connectivity index (χ1v) is 7.00. The van der Waals surface area contributed by atoms with Gasteiger partial charge in [-0.05, 0) is 7.05 Å². The Morgan fingerprint density at radius 1 is 1.30 bits per heavy atom. The Morgan fingerprint density at radius 3 is 2.70 bits per heavy atom. The molecule has 1 saturated heterocycles. The number of hydrogen-bond acceptors (Lipinski definition) is 6. The van der Waals surface area contributed by atoms with E-state index in [1.807, 2.05) is 0 Å². The summed E-state index contributed by atoms with van der Waals surface area (Å²) < 4.78 is 6.76. The summed E-state index contributed by atoms with van der Waals surface area (Å²) in [5.74, 6) is 0.483. The van der Waals surface area contributed by atoms with Gasteiger partial charge in [0, 0.05) is 45.3 Å². The first kappa shape index (κ1) is 15.0. The number of aromatic nitrogens is 2. The highest BCUT2D eigenvalue weighted by molar-refractivity contribution is 5.13. The van der Waals surface area contributed by atoms with E-state index < -0.39 is 0 Å². The zero-order valence-electron chi connectivity index (χ0n) is 12.0. The second kappa shape index (κ2) is 7.37. The van der Waals surface area contributed by atoms with E-state index in [2.05, 4.69) is 21.9 Å². The molecule has 2 rings (SSSR count). The van der Waals surface area contributed by atoms with Crippen LogP contribution in [-0.2, 0) is 6.54 Å². The highest BCUT2D eigenvalue weighted by atomic mass is 16.5. The quantitative estimate of drug-likeness (QED) is 0.708. The van der Waals surface area contributed by atoms with Gasteiger partial charge in [-0.15, -0.1) is 0 Å². The lowest BCUT2D eigenvalue weighted by atomic mass is 10.3. The van der Waals surface area contributed by atoms with Gasteiger partial charge in [-0.3, -0.25) is 9.69 Å². The molecule has 0 bridgehead atoms. The lowest BCUT2D eigenvalue weighted by molar-refractivity contribution is 0.148. The summed E-state index contributed by atoms with van der Waals surface area (Å²) >= 11 is 0. The minimum Gasteiger partial charge on any atom is -0.490 e. The molecule has 112 valence electrons. The number of piperazine rings is 1. The number of hydrogen-bond donors (Lipinski definition) is 1. The number of nitrogens with zero attached hydrogens (tertiary/aromatic N) is 4. The van der Waals surface area contributed by atoms with Crippen molar-refractivity contribution in [2.24, 2.45) is 5.73 Å². The maximum atomic E-state index is 11.9. The molecular weight excluding hydrogens is 258 g/mol. The number of likely N-dealkylation sites (N-methyl/N-ethyl adjacent to an activating group) is 1. The third kappa shape index (κ3) is 4.29. The molecule has 20 heavy (non-hydrogen) atoms. The first-order chi connectivity index (χ1) is 9.69. The summed E-state index contributed by atoms with van der Waals surface area (Å²) in [6, 6.07) is 1.46. The van der Waals surface area contributed by atoms with E-state index >= 15 is 0 Å². The van der Waals surface area contributed by atoms with Crippen molar-refractivity contribution in [1.82, 2.24) is 19.6 Å². The maximum absolute atomic E-state index is 11.9. The average Bonchev–Trinajstić information content (AvgIpc) is 2.46. The largest absolute Gasteiger partial charge is 0.490 e. The normalized spacial score (nSPS) is 17.3. The molecule has 1 aliphatic heterocycles. The standard InChI is InChI=1S/C13H23N5O2/c1-16-3-5-17(6-4-16)7-8-18-13(19)10-12(11-15-18)20-9-2-14/h10-11H,2-9,14H2,1H3. The zero-order valence-corrected chi connectivity index (χ0v) is 12.0. The molecule has 7 heteroatoms. The Bertz CT molecular complexity index is 468. The molecule has 0 unspecified atom stereocenters. The van der Waals surface area contributed by atoms with Crippen LogP contribution >= 0.6 is 0 Å². The predicted octanol–water partition coefficient (Wildman–Crippen LogP) is -1.17. The van der Waals surface area contributed by atoms with E-state index in [1.54, 1.807) is 6.20 Å². The third-order valence-electron chi connectivity index (χ3n) is 3.45. The lowest BCUT2D eigenvalue weighted by Gasteiger charge is -2.32. The van der Waals surface area contributed by atoms with Crippen molar-refractivity contribution < 1.29 is 4.74 Å². The molecule has 7 nitrogen and oxygen atoms in total. The third-order valence-corrected chi connectivity index (χ3v) is 3.45. The molecule has 1 fully saturated rings. The van der Waals surface area contributed by atoms with Gasteiger partial charge in [0.25, 0.3) is 5.56 Å². The summed E-state index contributed by atoms with van der Waals surface area (Å²) in [6.45, 7) is 6.52. The van der Waals surface area contributed by atoms with Gasteiger partial charge < -0.3 is 15.4 Å². The van der Waals surface area contributed by atoms with Crippen LogP contribution in [0.15, 0.2) is 17.1 Å². The van der Waals surface area contributed by atoms with Crippen LogP contribution in [0.1, 0.15) is 0 Å². The summed E-state index contributed by atoms with van der Waals surface area (Å²) in [6.07, 6.45) is 1.57. The van der Waals surface area contributed by atoms with E-state index in [9.17, 15) is 4.79 Å². The Morgan fingerprint density at radius 2 is 2.05 bits per heavy atom. The van der Waals surface area contributed by atoms with Crippen molar-refractivity contribution in [3.8, 4) is 5.75 Å². The van der Waals surface area contributed by atoms with Gasteiger partial charge in [-0.1, -0.05) is 0 Å². The Balaban J connectivity index is 1.85. The van der Waals surface area contributed by atoms with E-state index in [0.29, 0.717) is 25.4 Å². The van der Waals surface area contributed by atoms with Crippen LogP contribution in [0.4, 0.5) is 0 Å². The van der Waals surface area contributed by atoms with Gasteiger partial charge in [0.2, 0.25) is 0 Å². The van der Waals surface area contributed by atoms with Gasteiger partial charge >= 0.3 is 0 Å². The fourth-order valence-corrected chi connectivity index (χ4v) is 2.15. The lowest BCUT2D eigenvalue weighted by Crippen LogP contribution is -2.45. The van der Waals surface area contributed by atoms with Crippen molar-refractivity contribution in [3.63, 3.8) is 0 Å². The van der Waals surface area contributed by atoms with Crippen molar-refractivity contribution in [3.05, 3.63) is 22.6 Å². The summed E-state index contributed by atoms with van der Waals surface area (Å²) in [5.41, 5.74) is 5.22. The Kier molecular flexibility index (Phi) is 5.51. The number of rotatable bonds is 6. The summed E-state index contributed by atoms with van der Waals surface area (Å²) in [4.78, 5) is 16.6. The van der Waals surface area contributed by atoms with E-state index in [0.717, 1.165) is 32.7 Å². The molecule has 1 aromatic rings. The SMILES string of the molecule is CN1CCN(CCn2ncc(OCCN)cc2=O)CC1. The molecule has 2 heterocycles. The van der Waals surface area contributed by atoms with Crippen LogP contribution in [0.2, 0.25) is 0 Å². The first-order valence-electron chi connectivity index (χ1n) is 7.00. The van der Waals surface area contributed by atoms with E-state index in [4.69, 9.17) is 10.5 Å². The summed E-state index contributed by atoms with van der Waals surface area (Å²) in [5, 5.41) is 4.13. The highest BCUT2D eigenvalue weighted by Crippen LogP contribution is 2.03. The molecule has 0 amide bonds. The minimum atomic E-state index is -0.131. The molecular formula is C13H23N5O2. The maximum Gasteiger partial charge on any atom is 0.270 e. The van der Waals surface area contributed by atoms with Crippen LogP contribution in [-0.4, -0.2) is 72.5 Å².